The molecule has 0 radical (unpaired) electrons. The van der Waals surface area contributed by atoms with Crippen molar-refractivity contribution < 1.29 is 42.9 Å². The number of aromatic nitrogens is 2. The van der Waals surface area contributed by atoms with Crippen molar-refractivity contribution >= 4 is 51.6 Å². The van der Waals surface area contributed by atoms with Gasteiger partial charge in [0.2, 0.25) is 0 Å². The molecule has 2 heterocycles. The van der Waals surface area contributed by atoms with Crippen LogP contribution in [0.2, 0.25) is 0 Å². The third kappa shape index (κ3) is 7.79. The van der Waals surface area contributed by atoms with Gasteiger partial charge in [-0.3, -0.25) is 19.0 Å². The van der Waals surface area contributed by atoms with Crippen LogP contribution in [0.4, 0.5) is 9.59 Å². The van der Waals surface area contributed by atoms with Crippen molar-refractivity contribution in [2.75, 3.05) is 28.4 Å². The predicted molar refractivity (Wildman–Crippen MR) is 138 cm³/mol. The van der Waals surface area contributed by atoms with E-state index in [4.69, 9.17) is 0 Å². The Kier molecular flexibility index (Phi) is 10.8. The Morgan fingerprint density at radius 2 is 1.42 bits per heavy atom. The molecule has 4 rings (SSSR count). The van der Waals surface area contributed by atoms with Gasteiger partial charge in [-0.1, -0.05) is 0 Å². The fourth-order valence-electron chi connectivity index (χ4n) is 3.23. The zero-order chi connectivity index (χ0) is 28.2. The lowest BCUT2D eigenvalue weighted by Gasteiger charge is -2.03. The monoisotopic (exact) mass is 524 g/mol. The van der Waals surface area contributed by atoms with Gasteiger partial charge >= 0.3 is 18.2 Å². The third-order valence-corrected chi connectivity index (χ3v) is 5.21. The van der Waals surface area contributed by atoms with Gasteiger partial charge in [-0.2, -0.15) is 0 Å². The maximum Gasteiger partial charge on any atom is 0.507 e. The minimum absolute atomic E-state index is 0.109. The minimum atomic E-state index is -0.657. The number of rotatable bonds is 4. The van der Waals surface area contributed by atoms with E-state index in [1.807, 2.05) is 30.5 Å². The van der Waals surface area contributed by atoms with Crippen molar-refractivity contribution in [2.24, 2.45) is 0 Å². The zero-order valence-electron chi connectivity index (χ0n) is 21.6. The summed E-state index contributed by atoms with van der Waals surface area (Å²) in [5.74, 6) is -0.801. The molecule has 0 aliphatic rings. The summed E-state index contributed by atoms with van der Waals surface area (Å²) in [6.45, 7) is 1.58. The van der Waals surface area contributed by atoms with Gasteiger partial charge in [-0.05, 0) is 55.5 Å². The van der Waals surface area contributed by atoms with Crippen LogP contribution in [-0.4, -0.2) is 67.8 Å². The highest BCUT2D eigenvalue weighted by atomic mass is 16.7. The number of fused-ring (bicyclic) bond motifs is 2. The molecular weight excluding hydrogens is 496 g/mol. The molecule has 4 aromatic rings. The fraction of sp³-hybridized carbons (Fsp3) is 0.222. The standard InChI is InChI=1S/C14H13NO5.C10H9NO.C3H6O3/c1-19-13(17)8-12(16)10-3-4-11-9(7-10)5-6-15(11)14(18)20-2;1-7(12)8-2-3-10-9(6-8)4-5-11-10;1-5-3(4)6-2/h3-7H,8H2,1-2H3;2-6,11H,1H3;1-2H3. The molecule has 11 nitrogen and oxygen atoms in total. The average molecular weight is 525 g/mol. The summed E-state index contributed by atoms with van der Waals surface area (Å²) >= 11 is 0. The second kappa shape index (κ2) is 14.0. The van der Waals surface area contributed by atoms with E-state index < -0.39 is 18.2 Å². The first-order valence-electron chi connectivity index (χ1n) is 11.1. The molecule has 0 unspecified atom stereocenters. The van der Waals surface area contributed by atoms with Crippen LogP contribution in [0.1, 0.15) is 34.1 Å². The van der Waals surface area contributed by atoms with Crippen LogP contribution in [-0.2, 0) is 23.7 Å². The van der Waals surface area contributed by atoms with Gasteiger partial charge in [0.05, 0.1) is 34.0 Å². The number of H-pyrrole nitrogens is 1. The molecule has 0 fully saturated rings. The Balaban J connectivity index is 0.000000237. The van der Waals surface area contributed by atoms with E-state index in [0.717, 1.165) is 16.5 Å². The Labute approximate surface area is 218 Å². The number of hydrogen-bond donors (Lipinski definition) is 1. The van der Waals surface area contributed by atoms with Crippen LogP contribution >= 0.6 is 0 Å². The molecule has 0 amide bonds. The highest BCUT2D eigenvalue weighted by Crippen LogP contribution is 2.19. The molecule has 0 atom stereocenters. The third-order valence-electron chi connectivity index (χ3n) is 5.21. The normalized spacial score (nSPS) is 9.82. The maximum atomic E-state index is 11.9. The molecule has 0 saturated carbocycles. The minimum Gasteiger partial charge on any atom is -0.469 e. The number of hydrogen-bond acceptors (Lipinski definition) is 9. The zero-order valence-corrected chi connectivity index (χ0v) is 21.6. The molecule has 0 aliphatic carbocycles. The number of aromatic amines is 1. The number of carbonyl (C=O) groups is 5. The maximum absolute atomic E-state index is 11.9. The number of esters is 1. The van der Waals surface area contributed by atoms with Crippen LogP contribution in [0.15, 0.2) is 60.9 Å². The Hall–Kier alpha value is -4.93. The smallest absolute Gasteiger partial charge is 0.469 e. The van der Waals surface area contributed by atoms with Crippen LogP contribution in [0.25, 0.3) is 21.8 Å². The molecular formula is C27H28N2O9. The lowest BCUT2D eigenvalue weighted by molar-refractivity contribution is -0.139. The molecule has 0 spiro atoms. The Morgan fingerprint density at radius 1 is 0.763 bits per heavy atom. The SMILES string of the molecule is CC(=O)c1ccc2[nH]ccc2c1.COC(=O)CC(=O)c1ccc2c(ccn2C(=O)OC)c1.COC(=O)OC. The summed E-state index contributed by atoms with van der Waals surface area (Å²) in [5.41, 5.74) is 2.86. The Bertz CT molecular complexity index is 1440. The number of Topliss-reactive ketones (excluding diaryl/α,β-unsaturated/α-hetero) is 2. The van der Waals surface area contributed by atoms with Gasteiger partial charge in [0, 0.05) is 39.8 Å². The first-order chi connectivity index (χ1) is 18.1. The topological polar surface area (TPSA) is 143 Å². The van der Waals surface area contributed by atoms with Crippen molar-refractivity contribution in [3.63, 3.8) is 0 Å². The van der Waals surface area contributed by atoms with Crippen LogP contribution in [0.5, 0.6) is 0 Å². The van der Waals surface area contributed by atoms with Crippen LogP contribution < -0.4 is 0 Å². The number of ether oxygens (including phenoxy) is 4. The van der Waals surface area contributed by atoms with Crippen molar-refractivity contribution in [2.45, 2.75) is 13.3 Å². The number of nitrogens with zero attached hydrogens (tertiary/aromatic N) is 1. The highest BCUT2D eigenvalue weighted by molar-refractivity contribution is 6.07. The average Bonchev–Trinajstić information content (AvgIpc) is 3.58. The van der Waals surface area contributed by atoms with Crippen molar-refractivity contribution in [3.8, 4) is 0 Å². The van der Waals surface area contributed by atoms with E-state index in [0.29, 0.717) is 16.5 Å². The summed E-state index contributed by atoms with van der Waals surface area (Å²) in [6, 6.07) is 14.1. The number of nitrogens with one attached hydrogen (secondary N) is 1. The van der Waals surface area contributed by atoms with Crippen LogP contribution in [0, 0.1) is 0 Å². The second-order valence-corrected chi connectivity index (χ2v) is 7.60. The lowest BCUT2D eigenvalue weighted by atomic mass is 10.1. The molecule has 0 saturated heterocycles. The van der Waals surface area contributed by atoms with Crippen molar-refractivity contribution in [1.29, 1.82) is 0 Å². The molecule has 11 heteroatoms. The predicted octanol–water partition coefficient (Wildman–Crippen LogP) is 4.77. The Morgan fingerprint density at radius 3 is 2.00 bits per heavy atom. The molecule has 200 valence electrons. The highest BCUT2D eigenvalue weighted by Gasteiger charge is 2.14. The molecule has 2 aromatic carbocycles. The summed E-state index contributed by atoms with van der Waals surface area (Å²) < 4.78 is 18.5. The number of carbonyl (C=O) groups excluding carboxylic acids is 5. The van der Waals surface area contributed by atoms with Gasteiger partial charge < -0.3 is 23.9 Å². The molecule has 38 heavy (non-hydrogen) atoms. The summed E-state index contributed by atoms with van der Waals surface area (Å²) in [7, 11) is 5.04. The van der Waals surface area contributed by atoms with Gasteiger partial charge in [0.1, 0.15) is 6.42 Å². The number of ketones is 2. The largest absolute Gasteiger partial charge is 0.507 e. The molecule has 0 bridgehead atoms. The van der Waals surface area contributed by atoms with Crippen LogP contribution in [0.3, 0.4) is 0 Å². The van der Waals surface area contributed by atoms with E-state index in [1.165, 1.54) is 33.0 Å². The van der Waals surface area contributed by atoms with Gasteiger partial charge in [0.25, 0.3) is 0 Å². The number of benzene rings is 2. The summed E-state index contributed by atoms with van der Waals surface area (Å²) in [4.78, 5) is 58.3. The first-order valence-corrected chi connectivity index (χ1v) is 11.1. The summed E-state index contributed by atoms with van der Waals surface area (Å²) in [6.07, 6.45) is 1.96. The van der Waals surface area contributed by atoms with E-state index >= 15 is 0 Å². The van der Waals surface area contributed by atoms with E-state index in [1.54, 1.807) is 37.4 Å². The van der Waals surface area contributed by atoms with Gasteiger partial charge in [-0.15, -0.1) is 0 Å². The van der Waals surface area contributed by atoms with Gasteiger partial charge in [0.15, 0.2) is 11.6 Å². The second-order valence-electron chi connectivity index (χ2n) is 7.60. The molecule has 0 aliphatic heterocycles. The molecule has 1 N–H and O–H groups in total. The summed E-state index contributed by atoms with van der Waals surface area (Å²) in [5, 5.41) is 1.80. The van der Waals surface area contributed by atoms with Gasteiger partial charge in [-0.25, -0.2) is 9.59 Å². The van der Waals surface area contributed by atoms with Crippen molar-refractivity contribution in [3.05, 3.63) is 72.1 Å². The van der Waals surface area contributed by atoms with E-state index in [-0.39, 0.29) is 18.0 Å². The molecule has 2 aromatic heterocycles. The first kappa shape index (κ1) is 29.3. The van der Waals surface area contributed by atoms with E-state index in [2.05, 4.69) is 23.9 Å². The van der Waals surface area contributed by atoms with E-state index in [9.17, 15) is 24.0 Å². The lowest BCUT2D eigenvalue weighted by Crippen LogP contribution is -2.10. The quantitative estimate of drug-likeness (QED) is 0.173. The fourth-order valence-corrected chi connectivity index (χ4v) is 3.23. The van der Waals surface area contributed by atoms with Crippen molar-refractivity contribution in [1.82, 2.24) is 9.55 Å². The number of methoxy groups -OCH3 is 4.